The largest absolute Gasteiger partial charge is 0.493 e. The number of rotatable bonds is 7. The fourth-order valence-corrected chi connectivity index (χ4v) is 4.17. The quantitative estimate of drug-likeness (QED) is 0.237. The van der Waals surface area contributed by atoms with E-state index in [0.717, 1.165) is 5.56 Å². The second-order valence-corrected chi connectivity index (χ2v) is 8.51. The van der Waals surface area contributed by atoms with Gasteiger partial charge in [0.15, 0.2) is 5.69 Å². The molecule has 9 nitrogen and oxygen atoms in total. The predicted molar refractivity (Wildman–Crippen MR) is 138 cm³/mol. The number of amides is 1. The Morgan fingerprint density at radius 1 is 1.03 bits per heavy atom. The van der Waals surface area contributed by atoms with E-state index < -0.39 is 17.6 Å². The zero-order valence-corrected chi connectivity index (χ0v) is 19.9. The highest BCUT2D eigenvalue weighted by Crippen LogP contribution is 2.39. The highest BCUT2D eigenvalue weighted by molar-refractivity contribution is 5.98. The van der Waals surface area contributed by atoms with Gasteiger partial charge < -0.3 is 23.9 Å². The van der Waals surface area contributed by atoms with E-state index >= 15 is 0 Å². The van der Waals surface area contributed by atoms with Crippen molar-refractivity contribution < 1.29 is 24.2 Å². The fraction of sp³-hybridized carbons (Fsp3) is 0.143. The number of fused-ring (bicyclic) bond motifs is 2. The number of ether oxygens (including phenoxy) is 1. The Bertz CT molecular complexity index is 1700. The van der Waals surface area contributed by atoms with Gasteiger partial charge in [-0.15, -0.1) is 10.2 Å². The Labute approximate surface area is 210 Å². The number of aliphatic hydroxyl groups is 1. The number of benzene rings is 3. The minimum atomic E-state index is -1.05. The van der Waals surface area contributed by atoms with Crippen molar-refractivity contribution in [3.05, 3.63) is 100 Å². The van der Waals surface area contributed by atoms with Crippen LogP contribution in [0.25, 0.3) is 21.9 Å². The molecule has 3 aromatic carbocycles. The average molecular weight is 498 g/mol. The van der Waals surface area contributed by atoms with E-state index in [9.17, 15) is 19.8 Å². The summed E-state index contributed by atoms with van der Waals surface area (Å²) in [5.41, 5.74) is 1.73. The van der Waals surface area contributed by atoms with Crippen LogP contribution in [0.1, 0.15) is 15.9 Å². The molecular weight excluding hydrogens is 474 g/mol. The van der Waals surface area contributed by atoms with E-state index in [4.69, 9.17) is 9.15 Å². The fourth-order valence-electron chi connectivity index (χ4n) is 4.17. The third kappa shape index (κ3) is 4.85. The van der Waals surface area contributed by atoms with Crippen LogP contribution in [0.5, 0.6) is 11.6 Å². The highest BCUT2D eigenvalue weighted by Gasteiger charge is 2.20. The SMILES string of the molecule is Cc1ccccc1C(=O)N=Nc1c(O)n(CC(O)COc2cc(=O)oc3ccccc23)c2ccccc12. The number of aliphatic hydroxyl groups excluding tert-OH is 1. The third-order valence-corrected chi connectivity index (χ3v) is 5.97. The number of hydrogen-bond acceptors (Lipinski definition) is 7. The van der Waals surface area contributed by atoms with Crippen molar-refractivity contribution in [3.63, 3.8) is 0 Å². The molecule has 0 aliphatic rings. The lowest BCUT2D eigenvalue weighted by Crippen LogP contribution is -2.23. The molecule has 0 saturated carbocycles. The third-order valence-electron chi connectivity index (χ3n) is 5.97. The number of aromatic nitrogens is 1. The summed E-state index contributed by atoms with van der Waals surface area (Å²) < 4.78 is 12.4. The van der Waals surface area contributed by atoms with Crippen LogP contribution in [-0.4, -0.2) is 33.4 Å². The molecule has 0 spiro atoms. The molecule has 0 fully saturated rings. The maximum Gasteiger partial charge on any atom is 0.339 e. The molecule has 9 heteroatoms. The lowest BCUT2D eigenvalue weighted by molar-refractivity contribution is 0.0921. The summed E-state index contributed by atoms with van der Waals surface area (Å²) in [5, 5.41) is 30.7. The number of carbonyl (C=O) groups is 1. The number of nitrogens with zero attached hydrogens (tertiary/aromatic N) is 3. The van der Waals surface area contributed by atoms with Crippen LogP contribution >= 0.6 is 0 Å². The van der Waals surface area contributed by atoms with Crippen LogP contribution in [0.2, 0.25) is 0 Å². The van der Waals surface area contributed by atoms with Gasteiger partial charge in [-0.05, 0) is 36.8 Å². The predicted octanol–water partition coefficient (Wildman–Crippen LogP) is 5.13. The molecule has 2 N–H and O–H groups in total. The second-order valence-electron chi connectivity index (χ2n) is 8.51. The summed E-state index contributed by atoms with van der Waals surface area (Å²) in [5.74, 6) is -0.480. The molecule has 1 unspecified atom stereocenters. The Morgan fingerprint density at radius 3 is 2.54 bits per heavy atom. The zero-order valence-electron chi connectivity index (χ0n) is 19.9. The maximum atomic E-state index is 12.6. The molecule has 1 atom stereocenters. The van der Waals surface area contributed by atoms with Gasteiger partial charge in [-0.25, -0.2) is 4.79 Å². The first-order valence-corrected chi connectivity index (χ1v) is 11.6. The van der Waals surface area contributed by atoms with Crippen molar-refractivity contribution in [2.24, 2.45) is 10.2 Å². The van der Waals surface area contributed by atoms with Gasteiger partial charge >= 0.3 is 5.63 Å². The average Bonchev–Trinajstić information content (AvgIpc) is 3.16. The monoisotopic (exact) mass is 497 g/mol. The topological polar surface area (TPSA) is 127 Å². The standard InChI is InChI=1S/C28H23N3O6/c1-17-8-2-3-9-19(17)27(34)30-29-26-20-10-4-6-12-22(20)31(28(26)35)15-18(32)16-36-24-14-25(33)37-23-13-7-5-11-21(23)24/h2-14,18,32,35H,15-16H2,1H3. The van der Waals surface area contributed by atoms with E-state index in [-0.39, 0.29) is 30.5 Å². The molecule has 5 aromatic rings. The molecule has 37 heavy (non-hydrogen) atoms. The van der Waals surface area contributed by atoms with Gasteiger partial charge in [-0.3, -0.25) is 4.79 Å². The van der Waals surface area contributed by atoms with Crippen LogP contribution < -0.4 is 10.4 Å². The number of azo groups is 1. The number of para-hydroxylation sites is 2. The molecule has 5 rings (SSSR count). The smallest absolute Gasteiger partial charge is 0.339 e. The molecule has 2 heterocycles. The molecule has 0 saturated heterocycles. The second kappa shape index (κ2) is 10.1. The normalized spacial score (nSPS) is 12.4. The van der Waals surface area contributed by atoms with E-state index in [1.807, 2.05) is 6.07 Å². The van der Waals surface area contributed by atoms with Crippen LogP contribution in [0.4, 0.5) is 5.69 Å². The molecule has 0 bridgehead atoms. The van der Waals surface area contributed by atoms with Crippen molar-refractivity contribution >= 4 is 33.5 Å². The van der Waals surface area contributed by atoms with Crippen LogP contribution in [0.15, 0.2) is 98.3 Å². The molecule has 186 valence electrons. The zero-order chi connectivity index (χ0) is 25.9. The van der Waals surface area contributed by atoms with Crippen LogP contribution in [-0.2, 0) is 6.54 Å². The first-order chi connectivity index (χ1) is 17.9. The molecule has 2 aromatic heterocycles. The summed E-state index contributed by atoms with van der Waals surface area (Å²) in [4.78, 5) is 24.4. The van der Waals surface area contributed by atoms with Gasteiger partial charge in [0, 0.05) is 10.9 Å². The van der Waals surface area contributed by atoms with Crippen molar-refractivity contribution in [2.45, 2.75) is 19.6 Å². The van der Waals surface area contributed by atoms with Crippen molar-refractivity contribution in [3.8, 4) is 11.6 Å². The number of aromatic hydroxyl groups is 1. The van der Waals surface area contributed by atoms with E-state index in [0.29, 0.717) is 27.4 Å². The Balaban J connectivity index is 1.39. The lowest BCUT2D eigenvalue weighted by Gasteiger charge is -2.15. The summed E-state index contributed by atoms with van der Waals surface area (Å²) in [6, 6.07) is 22.3. The summed E-state index contributed by atoms with van der Waals surface area (Å²) in [6.07, 6.45) is -1.05. The number of hydrogen-bond donors (Lipinski definition) is 2. The number of carbonyl (C=O) groups excluding carboxylic acids is 1. The Morgan fingerprint density at radius 2 is 1.73 bits per heavy atom. The Hall–Kier alpha value is -4.76. The summed E-state index contributed by atoms with van der Waals surface area (Å²) in [7, 11) is 0. The molecular formula is C28H23N3O6. The maximum absolute atomic E-state index is 12.6. The first-order valence-electron chi connectivity index (χ1n) is 11.6. The molecule has 0 aliphatic carbocycles. The van der Waals surface area contributed by atoms with E-state index in [2.05, 4.69) is 10.2 Å². The molecule has 1 amide bonds. The highest BCUT2D eigenvalue weighted by atomic mass is 16.5. The molecule has 0 aliphatic heterocycles. The summed E-state index contributed by atoms with van der Waals surface area (Å²) >= 11 is 0. The minimum absolute atomic E-state index is 0.0347. The lowest BCUT2D eigenvalue weighted by atomic mass is 10.1. The van der Waals surface area contributed by atoms with Gasteiger partial charge in [-0.2, -0.15) is 0 Å². The van der Waals surface area contributed by atoms with Gasteiger partial charge in [0.2, 0.25) is 5.88 Å². The van der Waals surface area contributed by atoms with Crippen molar-refractivity contribution in [2.75, 3.05) is 6.61 Å². The van der Waals surface area contributed by atoms with Crippen molar-refractivity contribution in [1.29, 1.82) is 0 Å². The van der Waals surface area contributed by atoms with Gasteiger partial charge in [0.25, 0.3) is 5.91 Å². The van der Waals surface area contributed by atoms with E-state index in [1.54, 1.807) is 73.7 Å². The van der Waals surface area contributed by atoms with Gasteiger partial charge in [0.1, 0.15) is 24.0 Å². The van der Waals surface area contributed by atoms with Gasteiger partial charge in [0.05, 0.1) is 23.5 Å². The van der Waals surface area contributed by atoms with Gasteiger partial charge in [-0.1, -0.05) is 48.5 Å². The summed E-state index contributed by atoms with van der Waals surface area (Å²) in [6.45, 7) is 1.62. The Kier molecular flexibility index (Phi) is 6.53. The van der Waals surface area contributed by atoms with Crippen LogP contribution in [0, 0.1) is 6.92 Å². The van der Waals surface area contributed by atoms with Crippen molar-refractivity contribution in [1.82, 2.24) is 4.57 Å². The molecule has 0 radical (unpaired) electrons. The number of aryl methyl sites for hydroxylation is 1. The first kappa shape index (κ1) is 24.0. The van der Waals surface area contributed by atoms with Crippen LogP contribution in [0.3, 0.4) is 0 Å². The minimum Gasteiger partial charge on any atom is -0.493 e. The van der Waals surface area contributed by atoms with E-state index in [1.165, 1.54) is 10.6 Å².